The number of esters is 1. The molecule has 2 fully saturated rings. The average molecular weight is 724 g/mol. The highest BCUT2D eigenvalue weighted by Gasteiger charge is 2.28. The van der Waals surface area contributed by atoms with Crippen LogP contribution in [0.1, 0.15) is 40.7 Å². The molecule has 1 atom stereocenters. The molecular formula is C39H42FN7O6. The van der Waals surface area contributed by atoms with Gasteiger partial charge in [0, 0.05) is 56.6 Å². The number of nitrogens with zero attached hydrogens (tertiary/aromatic N) is 6. The molecule has 5 heterocycles. The number of nitrogens with one attached hydrogen (secondary N) is 1. The van der Waals surface area contributed by atoms with Crippen molar-refractivity contribution in [1.82, 2.24) is 29.3 Å². The number of likely N-dealkylation sites (tertiary alicyclic amines) is 1. The topological polar surface area (TPSA) is 141 Å². The van der Waals surface area contributed by atoms with Crippen molar-refractivity contribution >= 4 is 39.4 Å². The number of aromatic nitrogens is 4. The third kappa shape index (κ3) is 7.42. The van der Waals surface area contributed by atoms with E-state index in [9.17, 15) is 19.2 Å². The first-order chi connectivity index (χ1) is 25.7. The zero-order valence-corrected chi connectivity index (χ0v) is 29.8. The summed E-state index contributed by atoms with van der Waals surface area (Å²) >= 11 is 0. The zero-order chi connectivity index (χ0) is 37.1. The highest BCUT2D eigenvalue weighted by Crippen LogP contribution is 2.26. The second-order valence-corrected chi connectivity index (χ2v) is 13.5. The summed E-state index contributed by atoms with van der Waals surface area (Å²) < 4.78 is 29.3. The van der Waals surface area contributed by atoms with Crippen molar-refractivity contribution in [1.29, 1.82) is 0 Å². The van der Waals surface area contributed by atoms with Crippen molar-refractivity contribution < 1.29 is 23.5 Å². The van der Waals surface area contributed by atoms with Crippen LogP contribution in [0.3, 0.4) is 0 Å². The van der Waals surface area contributed by atoms with Gasteiger partial charge in [-0.15, -0.1) is 0 Å². The predicted octanol–water partition coefficient (Wildman–Crippen LogP) is 3.29. The fraction of sp³-hybridized carbons (Fsp3) is 0.385. The van der Waals surface area contributed by atoms with Gasteiger partial charge in [-0.2, -0.15) is 0 Å². The third-order valence-electron chi connectivity index (χ3n) is 10.1. The molecule has 0 spiro atoms. The van der Waals surface area contributed by atoms with Crippen molar-refractivity contribution in [3.63, 3.8) is 0 Å². The van der Waals surface area contributed by atoms with Crippen LogP contribution in [0, 0.1) is 12.7 Å². The minimum atomic E-state index is -1.19. The molecule has 276 valence electrons. The standard InChI is InChI=1S/C39H42FN7O6/c1-25-21-27(46-16-18-52-19-17-46)23-30(40)34(25)36(48)43-31(38(50)53-20-15-45-13-4-3-5-14-45)22-26-8-9-32(35-28(26)7-6-11-42-35)47-37(49)29-10-12-41-24-33(29)44(2)39(47)51/h6-12,21,23-24,31H,3-5,13-20,22H2,1-2H3,(H,43,48)/t31-/m0/s1. The average Bonchev–Trinajstić information content (AvgIpc) is 3.18. The summed E-state index contributed by atoms with van der Waals surface area (Å²) in [6.07, 6.45) is 7.84. The van der Waals surface area contributed by atoms with Crippen LogP contribution in [0.4, 0.5) is 10.1 Å². The number of carbonyl (C=O) groups excluding carboxylic acids is 2. The summed E-state index contributed by atoms with van der Waals surface area (Å²) in [5, 5.41) is 3.64. The number of aryl methyl sites for hydroxylation is 2. The van der Waals surface area contributed by atoms with Crippen LogP contribution < -0.4 is 21.5 Å². The van der Waals surface area contributed by atoms with E-state index in [2.05, 4.69) is 20.2 Å². The molecule has 2 aromatic carbocycles. The van der Waals surface area contributed by atoms with Crippen LogP contribution in [-0.4, -0.2) is 94.5 Å². The number of hydrogen-bond acceptors (Lipinski definition) is 10. The number of anilines is 1. The van der Waals surface area contributed by atoms with E-state index in [0.29, 0.717) is 71.5 Å². The van der Waals surface area contributed by atoms with Crippen LogP contribution in [0.15, 0.2) is 70.6 Å². The molecule has 0 bridgehead atoms. The van der Waals surface area contributed by atoms with E-state index in [1.165, 1.54) is 29.4 Å². The highest BCUT2D eigenvalue weighted by molar-refractivity contribution is 5.99. The molecule has 1 N–H and O–H groups in total. The molecule has 2 aliphatic heterocycles. The number of benzene rings is 2. The molecule has 5 aromatic rings. The van der Waals surface area contributed by atoms with Gasteiger partial charge in [-0.3, -0.25) is 29.0 Å². The second kappa shape index (κ2) is 15.6. The second-order valence-electron chi connectivity index (χ2n) is 13.5. The Morgan fingerprint density at radius 2 is 1.79 bits per heavy atom. The normalized spacial score (nSPS) is 15.8. The SMILES string of the molecule is Cc1cc(N2CCOCC2)cc(F)c1C(=O)N[C@@H](Cc1ccc(-n2c(=O)c3ccncc3n(C)c2=O)c2ncccc12)C(=O)OCCN1CCCCC1. The van der Waals surface area contributed by atoms with Crippen LogP contribution in [0.5, 0.6) is 0 Å². The van der Waals surface area contributed by atoms with Crippen LogP contribution in [0.2, 0.25) is 0 Å². The minimum Gasteiger partial charge on any atom is -0.463 e. The summed E-state index contributed by atoms with van der Waals surface area (Å²) in [7, 11) is 1.57. The van der Waals surface area contributed by atoms with E-state index in [0.717, 1.165) is 30.5 Å². The fourth-order valence-corrected chi connectivity index (χ4v) is 7.30. The van der Waals surface area contributed by atoms with Crippen LogP contribution in [-0.2, 0) is 27.7 Å². The Bertz CT molecular complexity index is 2270. The molecule has 7 rings (SSSR count). The van der Waals surface area contributed by atoms with E-state index in [4.69, 9.17) is 9.47 Å². The number of halogens is 1. The lowest BCUT2D eigenvalue weighted by molar-refractivity contribution is -0.146. The van der Waals surface area contributed by atoms with Crippen molar-refractivity contribution in [2.75, 3.05) is 57.4 Å². The number of ether oxygens (including phenoxy) is 2. The third-order valence-corrected chi connectivity index (χ3v) is 10.1. The maximum absolute atomic E-state index is 15.7. The number of piperidine rings is 1. The van der Waals surface area contributed by atoms with Crippen molar-refractivity contribution in [3.8, 4) is 5.69 Å². The van der Waals surface area contributed by atoms with E-state index < -0.39 is 35.0 Å². The van der Waals surface area contributed by atoms with Gasteiger partial charge < -0.3 is 19.7 Å². The quantitative estimate of drug-likeness (QED) is 0.214. The number of rotatable bonds is 10. The Balaban J connectivity index is 1.21. The van der Waals surface area contributed by atoms with Gasteiger partial charge in [0.25, 0.3) is 11.5 Å². The Morgan fingerprint density at radius 1 is 1.00 bits per heavy atom. The zero-order valence-electron chi connectivity index (χ0n) is 29.8. The molecule has 0 aliphatic carbocycles. The Labute approximate surface area is 305 Å². The Hall–Kier alpha value is -5.47. The first-order valence-corrected chi connectivity index (χ1v) is 18.0. The molecule has 0 unspecified atom stereocenters. The Morgan fingerprint density at radius 3 is 2.57 bits per heavy atom. The summed E-state index contributed by atoms with van der Waals surface area (Å²) in [4.78, 5) is 67.7. The number of fused-ring (bicyclic) bond motifs is 2. The highest BCUT2D eigenvalue weighted by atomic mass is 19.1. The van der Waals surface area contributed by atoms with Gasteiger partial charge in [0.1, 0.15) is 18.5 Å². The van der Waals surface area contributed by atoms with Crippen molar-refractivity contribution in [2.45, 2.75) is 38.6 Å². The number of morpholine rings is 1. The molecule has 1 amide bonds. The van der Waals surface area contributed by atoms with Gasteiger partial charge in [-0.05, 0) is 74.3 Å². The maximum Gasteiger partial charge on any atom is 0.335 e. The van der Waals surface area contributed by atoms with Gasteiger partial charge in [0.2, 0.25) is 0 Å². The molecular weight excluding hydrogens is 681 g/mol. The van der Waals surface area contributed by atoms with Gasteiger partial charge in [-0.25, -0.2) is 18.5 Å². The smallest absolute Gasteiger partial charge is 0.335 e. The molecule has 14 heteroatoms. The monoisotopic (exact) mass is 723 g/mol. The number of hydrogen-bond donors (Lipinski definition) is 1. The van der Waals surface area contributed by atoms with Crippen LogP contribution >= 0.6 is 0 Å². The predicted molar refractivity (Wildman–Crippen MR) is 198 cm³/mol. The summed E-state index contributed by atoms with van der Waals surface area (Å²) in [5.74, 6) is -2.10. The lowest BCUT2D eigenvalue weighted by atomic mass is 9.99. The van der Waals surface area contributed by atoms with Crippen LogP contribution in [0.25, 0.3) is 27.5 Å². The molecule has 2 aliphatic rings. The van der Waals surface area contributed by atoms with Crippen molar-refractivity contribution in [3.05, 3.63) is 104 Å². The number of pyridine rings is 2. The van der Waals surface area contributed by atoms with Gasteiger partial charge in [-0.1, -0.05) is 18.6 Å². The summed E-state index contributed by atoms with van der Waals surface area (Å²) in [5.41, 5.74) is 1.44. The molecule has 3 aromatic heterocycles. The number of carbonyl (C=O) groups is 2. The fourth-order valence-electron chi connectivity index (χ4n) is 7.30. The molecule has 53 heavy (non-hydrogen) atoms. The minimum absolute atomic E-state index is 0.0282. The summed E-state index contributed by atoms with van der Waals surface area (Å²) in [6.45, 7) is 6.52. The number of amides is 1. The van der Waals surface area contributed by atoms with Gasteiger partial charge >= 0.3 is 11.7 Å². The van der Waals surface area contributed by atoms with Gasteiger partial charge in [0.15, 0.2) is 0 Å². The van der Waals surface area contributed by atoms with E-state index in [-0.39, 0.29) is 24.3 Å². The lowest BCUT2D eigenvalue weighted by Crippen LogP contribution is -2.44. The molecule has 0 saturated carbocycles. The lowest BCUT2D eigenvalue weighted by Gasteiger charge is -2.29. The maximum atomic E-state index is 15.7. The van der Waals surface area contributed by atoms with E-state index in [1.54, 1.807) is 56.6 Å². The molecule has 2 saturated heterocycles. The largest absolute Gasteiger partial charge is 0.463 e. The molecule has 0 radical (unpaired) electrons. The molecule has 13 nitrogen and oxygen atoms in total. The summed E-state index contributed by atoms with van der Waals surface area (Å²) in [6, 6.07) is 10.3. The van der Waals surface area contributed by atoms with E-state index in [1.807, 2.05) is 4.90 Å². The Kier molecular flexibility index (Phi) is 10.6. The van der Waals surface area contributed by atoms with E-state index >= 15 is 4.39 Å². The first kappa shape index (κ1) is 35.9. The van der Waals surface area contributed by atoms with Crippen molar-refractivity contribution in [2.24, 2.45) is 7.05 Å². The van der Waals surface area contributed by atoms with Gasteiger partial charge in [0.05, 0.1) is 47.1 Å². The first-order valence-electron chi connectivity index (χ1n) is 18.0.